The molecule has 0 aliphatic heterocycles. The Morgan fingerprint density at radius 3 is 1.93 bits per heavy atom. The van der Waals surface area contributed by atoms with Crippen molar-refractivity contribution in [2.24, 2.45) is 5.92 Å². The molecule has 0 aromatic carbocycles. The lowest BCUT2D eigenvalue weighted by Gasteiger charge is -2.38. The van der Waals surface area contributed by atoms with E-state index in [2.05, 4.69) is 66.5 Å². The molecule has 2 unspecified atom stereocenters. The summed E-state index contributed by atoms with van der Waals surface area (Å²) >= 11 is 0. The maximum Gasteiger partial charge on any atom is 0.193 e. The van der Waals surface area contributed by atoms with Crippen molar-refractivity contribution in [3.05, 3.63) is 0 Å². The van der Waals surface area contributed by atoms with Gasteiger partial charge in [-0.3, -0.25) is 0 Å². The number of hydrogen-bond acceptors (Lipinski definition) is 2. The van der Waals surface area contributed by atoms with Crippen LogP contribution in [0.15, 0.2) is 0 Å². The number of aliphatic hydroxyl groups is 1. The quantitative estimate of drug-likeness (QED) is 0.180. The van der Waals surface area contributed by atoms with Gasteiger partial charge in [-0.05, 0) is 49.7 Å². The zero-order valence-corrected chi connectivity index (χ0v) is 21.4. The Morgan fingerprint density at radius 2 is 1.39 bits per heavy atom. The molecule has 28 heavy (non-hydrogen) atoms. The number of aliphatic hydroxyl groups excluding tert-OH is 1. The van der Waals surface area contributed by atoms with Gasteiger partial charge in [0.15, 0.2) is 8.32 Å². The molecular weight excluding hydrogens is 360 g/mol. The highest BCUT2D eigenvalue weighted by Gasteiger charge is 2.38. The summed E-state index contributed by atoms with van der Waals surface area (Å²) in [6, 6.07) is 0. The molecule has 0 radical (unpaired) electrons. The largest absolute Gasteiger partial charge is 0.403 e. The minimum absolute atomic E-state index is 0.0312. The molecule has 0 heterocycles. The molecular formula is C25H50O2Si. The normalized spacial score (nSPS) is 14.6. The fourth-order valence-electron chi connectivity index (χ4n) is 2.96. The lowest BCUT2D eigenvalue weighted by molar-refractivity contribution is 0.207. The average Bonchev–Trinajstić information content (AvgIpc) is 2.57. The minimum atomic E-state index is -1.85. The molecule has 0 bridgehead atoms. The fourth-order valence-corrected chi connectivity index (χ4v) is 4.20. The molecule has 166 valence electrons. The number of rotatable bonds is 14. The van der Waals surface area contributed by atoms with Crippen LogP contribution >= 0.6 is 0 Å². The first-order valence-electron chi connectivity index (χ1n) is 11.9. The predicted molar refractivity (Wildman–Crippen MR) is 127 cm³/mol. The average molecular weight is 411 g/mol. The maximum atomic E-state index is 10.2. The van der Waals surface area contributed by atoms with Gasteiger partial charge in [-0.1, -0.05) is 98.3 Å². The van der Waals surface area contributed by atoms with E-state index in [0.717, 1.165) is 25.7 Å². The molecule has 0 saturated heterocycles. The van der Waals surface area contributed by atoms with Crippen molar-refractivity contribution in [2.45, 2.75) is 143 Å². The second-order valence-electron chi connectivity index (χ2n) is 10.4. The lowest BCUT2D eigenvalue weighted by atomic mass is 10.0. The minimum Gasteiger partial charge on any atom is -0.403 e. The van der Waals surface area contributed by atoms with Gasteiger partial charge in [0.05, 0.1) is 0 Å². The summed E-state index contributed by atoms with van der Waals surface area (Å²) in [6.45, 7) is 18.1. The standard InChI is InChI=1S/C25H50O2Si/c1-9-10-11-12-13-14-15-19-24(27-28(7,8)25(4,5)6)21-20-23(26)18-16-17-22(2)3/h22-24,26H,9-19H2,1-8H3. The highest BCUT2D eigenvalue weighted by molar-refractivity contribution is 6.74. The van der Waals surface area contributed by atoms with Gasteiger partial charge in [0.25, 0.3) is 0 Å². The van der Waals surface area contributed by atoms with E-state index in [1.807, 2.05) is 0 Å². The summed E-state index contributed by atoms with van der Waals surface area (Å²) < 4.78 is 6.59. The van der Waals surface area contributed by atoms with Crippen LogP contribution in [-0.2, 0) is 4.43 Å². The Morgan fingerprint density at radius 1 is 0.821 bits per heavy atom. The zero-order chi connectivity index (χ0) is 21.6. The van der Waals surface area contributed by atoms with E-state index in [9.17, 15) is 5.11 Å². The molecule has 0 aromatic rings. The molecule has 2 nitrogen and oxygen atoms in total. The van der Waals surface area contributed by atoms with Crippen molar-refractivity contribution >= 4 is 8.32 Å². The van der Waals surface area contributed by atoms with Crippen LogP contribution in [0.4, 0.5) is 0 Å². The van der Waals surface area contributed by atoms with E-state index in [1.54, 1.807) is 0 Å². The first kappa shape index (κ1) is 27.7. The van der Waals surface area contributed by atoms with E-state index in [0.29, 0.717) is 5.92 Å². The Bertz CT molecular complexity index is 440. The van der Waals surface area contributed by atoms with Crippen molar-refractivity contribution in [3.63, 3.8) is 0 Å². The third-order valence-electron chi connectivity index (χ3n) is 5.98. The maximum absolute atomic E-state index is 10.2. The predicted octanol–water partition coefficient (Wildman–Crippen LogP) is 7.71. The Kier molecular flexibility index (Phi) is 14.5. The molecule has 2 atom stereocenters. The summed E-state index contributed by atoms with van der Waals surface area (Å²) in [6.07, 6.45) is 12.5. The first-order chi connectivity index (χ1) is 13.0. The molecule has 3 heteroatoms. The van der Waals surface area contributed by atoms with E-state index >= 15 is 0 Å². The SMILES string of the molecule is CCCCCCCCCC(C#CC(O)CCCC(C)C)O[Si](C)(C)C(C)(C)C. The van der Waals surface area contributed by atoms with Crippen molar-refractivity contribution in [1.29, 1.82) is 0 Å². The van der Waals surface area contributed by atoms with Crippen molar-refractivity contribution in [1.82, 2.24) is 0 Å². The number of unbranched alkanes of at least 4 members (excludes halogenated alkanes) is 6. The Hall–Kier alpha value is -0.303. The highest BCUT2D eigenvalue weighted by Crippen LogP contribution is 2.37. The van der Waals surface area contributed by atoms with Crippen molar-refractivity contribution in [3.8, 4) is 11.8 Å². The van der Waals surface area contributed by atoms with Crippen molar-refractivity contribution < 1.29 is 9.53 Å². The van der Waals surface area contributed by atoms with Crippen LogP contribution in [0.25, 0.3) is 0 Å². The monoisotopic (exact) mass is 410 g/mol. The third kappa shape index (κ3) is 13.8. The van der Waals surface area contributed by atoms with Crippen LogP contribution in [0.1, 0.15) is 112 Å². The van der Waals surface area contributed by atoms with Crippen LogP contribution in [0.3, 0.4) is 0 Å². The van der Waals surface area contributed by atoms with Crippen LogP contribution in [0.2, 0.25) is 18.1 Å². The summed E-state index contributed by atoms with van der Waals surface area (Å²) in [5.41, 5.74) is 0. The second-order valence-corrected chi connectivity index (χ2v) is 15.2. The van der Waals surface area contributed by atoms with E-state index in [-0.39, 0.29) is 11.1 Å². The second kappa shape index (κ2) is 14.6. The molecule has 0 spiro atoms. The summed E-state index contributed by atoms with van der Waals surface area (Å²) in [7, 11) is -1.85. The Balaban J connectivity index is 4.66. The summed E-state index contributed by atoms with van der Waals surface area (Å²) in [5.74, 6) is 7.10. The van der Waals surface area contributed by atoms with Gasteiger partial charge in [-0.15, -0.1) is 0 Å². The van der Waals surface area contributed by atoms with Crippen LogP contribution in [-0.4, -0.2) is 25.6 Å². The Labute approximate surface area is 178 Å². The molecule has 0 aliphatic carbocycles. The third-order valence-corrected chi connectivity index (χ3v) is 10.5. The molecule has 0 amide bonds. The first-order valence-corrected chi connectivity index (χ1v) is 14.8. The van der Waals surface area contributed by atoms with Crippen molar-refractivity contribution in [2.75, 3.05) is 0 Å². The van der Waals surface area contributed by atoms with Gasteiger partial charge in [-0.2, -0.15) is 0 Å². The zero-order valence-electron chi connectivity index (χ0n) is 20.4. The van der Waals surface area contributed by atoms with Gasteiger partial charge in [-0.25, -0.2) is 0 Å². The summed E-state index contributed by atoms with van der Waals surface area (Å²) in [4.78, 5) is 0. The lowest BCUT2D eigenvalue weighted by Crippen LogP contribution is -2.43. The summed E-state index contributed by atoms with van der Waals surface area (Å²) in [5, 5.41) is 10.4. The van der Waals surface area contributed by atoms with Gasteiger partial charge in [0.2, 0.25) is 0 Å². The smallest absolute Gasteiger partial charge is 0.193 e. The molecule has 0 saturated carbocycles. The van der Waals surface area contributed by atoms with E-state index < -0.39 is 14.4 Å². The van der Waals surface area contributed by atoms with Gasteiger partial charge in [0, 0.05) is 0 Å². The van der Waals surface area contributed by atoms with Crippen LogP contribution in [0, 0.1) is 17.8 Å². The molecule has 0 rings (SSSR count). The highest BCUT2D eigenvalue weighted by atomic mass is 28.4. The van der Waals surface area contributed by atoms with E-state index in [1.165, 1.54) is 44.9 Å². The topological polar surface area (TPSA) is 29.5 Å². The van der Waals surface area contributed by atoms with Gasteiger partial charge < -0.3 is 9.53 Å². The van der Waals surface area contributed by atoms with Gasteiger partial charge in [0.1, 0.15) is 12.2 Å². The van der Waals surface area contributed by atoms with Crippen LogP contribution in [0.5, 0.6) is 0 Å². The molecule has 0 fully saturated rings. The fraction of sp³-hybridized carbons (Fsp3) is 0.920. The molecule has 0 aliphatic rings. The van der Waals surface area contributed by atoms with Crippen LogP contribution < -0.4 is 0 Å². The molecule has 0 aromatic heterocycles. The molecule has 1 N–H and O–H groups in total. The van der Waals surface area contributed by atoms with Gasteiger partial charge >= 0.3 is 0 Å². The number of hydrogen-bond donors (Lipinski definition) is 1. The van der Waals surface area contributed by atoms with E-state index in [4.69, 9.17) is 4.43 Å².